The van der Waals surface area contributed by atoms with Crippen LogP contribution in [0.25, 0.3) is 0 Å². The van der Waals surface area contributed by atoms with Gasteiger partial charge in [0, 0.05) is 4.47 Å². The van der Waals surface area contributed by atoms with Gasteiger partial charge < -0.3 is 9.47 Å². The molecule has 0 aliphatic carbocycles. The van der Waals surface area contributed by atoms with Gasteiger partial charge in [-0.3, -0.25) is 0 Å². The molecule has 0 radical (unpaired) electrons. The molecule has 0 aromatic heterocycles. The molecule has 0 fully saturated rings. The molecule has 0 saturated carbocycles. The predicted octanol–water partition coefficient (Wildman–Crippen LogP) is 3.18. The lowest BCUT2D eigenvalue weighted by atomic mass is 10.2. The summed E-state index contributed by atoms with van der Waals surface area (Å²) in [5.74, 6) is -0.708. The summed E-state index contributed by atoms with van der Waals surface area (Å²) in [6.45, 7) is -1.41. The van der Waals surface area contributed by atoms with E-state index in [4.69, 9.17) is 0 Å². The maximum absolute atomic E-state index is 11.9. The fourth-order valence-corrected chi connectivity index (χ4v) is 1.52. The monoisotopic (exact) mass is 312 g/mol. The third-order valence-corrected chi connectivity index (χ3v) is 2.15. The van der Waals surface area contributed by atoms with E-state index in [0.29, 0.717) is 4.47 Å². The lowest BCUT2D eigenvalue weighted by Crippen LogP contribution is -2.19. The molecule has 1 aromatic carbocycles. The van der Waals surface area contributed by atoms with Crippen molar-refractivity contribution in [2.45, 2.75) is 6.18 Å². The minimum absolute atomic E-state index is 0.0582. The van der Waals surface area contributed by atoms with Crippen LogP contribution in [0.1, 0.15) is 10.4 Å². The first-order valence-electron chi connectivity index (χ1n) is 4.40. The first-order chi connectivity index (χ1) is 7.81. The second-order valence-electron chi connectivity index (χ2n) is 3.07. The zero-order valence-electron chi connectivity index (χ0n) is 8.68. The summed E-state index contributed by atoms with van der Waals surface area (Å²) in [6, 6.07) is 3.94. The van der Waals surface area contributed by atoms with Gasteiger partial charge in [0.1, 0.15) is 5.75 Å². The van der Waals surface area contributed by atoms with Crippen molar-refractivity contribution >= 4 is 21.9 Å². The van der Waals surface area contributed by atoms with Crippen LogP contribution >= 0.6 is 15.9 Å². The Bertz CT molecular complexity index is 418. The van der Waals surface area contributed by atoms with E-state index in [9.17, 15) is 18.0 Å². The lowest BCUT2D eigenvalue weighted by molar-refractivity contribution is -0.153. The van der Waals surface area contributed by atoms with Gasteiger partial charge in [-0.25, -0.2) is 4.79 Å². The molecule has 0 saturated heterocycles. The molecular formula is C10H8BrF3O3. The zero-order chi connectivity index (χ0) is 13.1. The van der Waals surface area contributed by atoms with E-state index in [1.807, 2.05) is 0 Å². The van der Waals surface area contributed by atoms with Crippen LogP contribution in [0.2, 0.25) is 0 Å². The summed E-state index contributed by atoms with van der Waals surface area (Å²) in [4.78, 5) is 11.2. The van der Waals surface area contributed by atoms with E-state index in [1.165, 1.54) is 25.3 Å². The Morgan fingerprint density at radius 2 is 2.00 bits per heavy atom. The Balaban J connectivity index is 2.86. The van der Waals surface area contributed by atoms with Crippen LogP contribution in [-0.4, -0.2) is 25.9 Å². The summed E-state index contributed by atoms with van der Waals surface area (Å²) in [5, 5.41) is 0. The Morgan fingerprint density at radius 1 is 1.35 bits per heavy atom. The normalized spacial score (nSPS) is 11.1. The van der Waals surface area contributed by atoms with Crippen molar-refractivity contribution in [2.24, 2.45) is 0 Å². The number of hydrogen-bond donors (Lipinski definition) is 0. The average molecular weight is 313 g/mol. The Morgan fingerprint density at radius 3 is 2.53 bits per heavy atom. The fraction of sp³-hybridized carbons (Fsp3) is 0.300. The number of esters is 1. The molecule has 0 unspecified atom stereocenters. The number of carbonyl (C=O) groups is 1. The van der Waals surface area contributed by atoms with Gasteiger partial charge in [0.15, 0.2) is 6.61 Å². The first kappa shape index (κ1) is 13.8. The second-order valence-corrected chi connectivity index (χ2v) is 3.99. The minimum Gasteiger partial charge on any atom is -0.484 e. The van der Waals surface area contributed by atoms with Gasteiger partial charge in [0.2, 0.25) is 0 Å². The Labute approximate surface area is 104 Å². The van der Waals surface area contributed by atoms with E-state index in [2.05, 4.69) is 25.4 Å². The molecule has 0 spiro atoms. The molecular weight excluding hydrogens is 305 g/mol. The van der Waals surface area contributed by atoms with Crippen molar-refractivity contribution in [1.29, 1.82) is 0 Å². The fourth-order valence-electron chi connectivity index (χ4n) is 1.05. The molecule has 7 heteroatoms. The zero-order valence-corrected chi connectivity index (χ0v) is 10.3. The van der Waals surface area contributed by atoms with Crippen molar-refractivity contribution in [2.75, 3.05) is 13.7 Å². The highest BCUT2D eigenvalue weighted by Gasteiger charge is 2.28. The predicted molar refractivity (Wildman–Crippen MR) is 57.0 cm³/mol. The highest BCUT2D eigenvalue weighted by Crippen LogP contribution is 2.24. The van der Waals surface area contributed by atoms with Gasteiger partial charge in [0.25, 0.3) is 0 Å². The number of alkyl halides is 3. The number of benzene rings is 1. The van der Waals surface area contributed by atoms with Gasteiger partial charge in [-0.1, -0.05) is 15.9 Å². The molecule has 1 aromatic rings. The molecule has 0 heterocycles. The van der Waals surface area contributed by atoms with Gasteiger partial charge in [-0.05, 0) is 18.2 Å². The third-order valence-electron chi connectivity index (χ3n) is 1.69. The van der Waals surface area contributed by atoms with Crippen LogP contribution < -0.4 is 4.74 Å². The van der Waals surface area contributed by atoms with E-state index >= 15 is 0 Å². The number of hydrogen-bond acceptors (Lipinski definition) is 3. The Hall–Kier alpha value is -1.24. The molecule has 1 rings (SSSR count). The van der Waals surface area contributed by atoms with Crippen molar-refractivity contribution in [1.82, 2.24) is 0 Å². The quantitative estimate of drug-likeness (QED) is 0.804. The highest BCUT2D eigenvalue weighted by atomic mass is 79.9. The first-order valence-corrected chi connectivity index (χ1v) is 5.19. The smallest absolute Gasteiger partial charge is 0.422 e. The molecule has 0 amide bonds. The SMILES string of the molecule is COC(=O)c1cc(Br)cc(OCC(F)(F)F)c1. The van der Waals surface area contributed by atoms with Gasteiger partial charge in [-0.15, -0.1) is 0 Å². The van der Waals surface area contributed by atoms with Crippen LogP contribution in [0.3, 0.4) is 0 Å². The highest BCUT2D eigenvalue weighted by molar-refractivity contribution is 9.10. The molecule has 0 N–H and O–H groups in total. The third kappa shape index (κ3) is 4.64. The van der Waals surface area contributed by atoms with Crippen LogP contribution in [0, 0.1) is 0 Å². The Kier molecular flexibility index (Phi) is 4.39. The van der Waals surface area contributed by atoms with E-state index < -0.39 is 18.8 Å². The summed E-state index contributed by atoms with van der Waals surface area (Å²) in [7, 11) is 1.18. The summed E-state index contributed by atoms with van der Waals surface area (Å²) >= 11 is 3.06. The van der Waals surface area contributed by atoms with Crippen molar-refractivity contribution < 1.29 is 27.4 Å². The maximum atomic E-state index is 11.9. The van der Waals surface area contributed by atoms with Gasteiger partial charge >= 0.3 is 12.1 Å². The number of carbonyl (C=O) groups excluding carboxylic acids is 1. The molecule has 0 aliphatic rings. The van der Waals surface area contributed by atoms with E-state index in [0.717, 1.165) is 0 Å². The molecule has 94 valence electrons. The lowest BCUT2D eigenvalue weighted by Gasteiger charge is -2.10. The molecule has 0 aliphatic heterocycles. The average Bonchev–Trinajstić information content (AvgIpc) is 2.23. The second kappa shape index (κ2) is 5.39. The minimum atomic E-state index is -4.42. The molecule has 3 nitrogen and oxygen atoms in total. The van der Waals surface area contributed by atoms with Gasteiger partial charge in [-0.2, -0.15) is 13.2 Å². The van der Waals surface area contributed by atoms with Crippen molar-refractivity contribution in [3.63, 3.8) is 0 Å². The number of halogens is 4. The van der Waals surface area contributed by atoms with Crippen molar-refractivity contribution in [3.05, 3.63) is 28.2 Å². The number of ether oxygens (including phenoxy) is 2. The summed E-state index contributed by atoms with van der Waals surface area (Å²) in [6.07, 6.45) is -4.42. The summed E-state index contributed by atoms with van der Waals surface area (Å²) in [5.41, 5.74) is 0.110. The number of rotatable bonds is 3. The van der Waals surface area contributed by atoms with Gasteiger partial charge in [0.05, 0.1) is 12.7 Å². The maximum Gasteiger partial charge on any atom is 0.422 e. The van der Waals surface area contributed by atoms with Crippen LogP contribution in [0.15, 0.2) is 22.7 Å². The van der Waals surface area contributed by atoms with Crippen LogP contribution in [0.4, 0.5) is 13.2 Å². The van der Waals surface area contributed by atoms with Crippen LogP contribution in [0.5, 0.6) is 5.75 Å². The molecule has 0 bridgehead atoms. The van der Waals surface area contributed by atoms with Crippen molar-refractivity contribution in [3.8, 4) is 5.75 Å². The van der Waals surface area contributed by atoms with E-state index in [-0.39, 0.29) is 11.3 Å². The largest absolute Gasteiger partial charge is 0.484 e. The topological polar surface area (TPSA) is 35.5 Å². The molecule has 17 heavy (non-hydrogen) atoms. The summed E-state index contributed by atoms with van der Waals surface area (Å²) < 4.78 is 45.2. The van der Waals surface area contributed by atoms with Crippen LogP contribution in [-0.2, 0) is 4.74 Å². The number of methoxy groups -OCH3 is 1. The van der Waals surface area contributed by atoms with E-state index in [1.54, 1.807) is 0 Å². The standard InChI is InChI=1S/C10H8BrF3O3/c1-16-9(15)6-2-7(11)4-8(3-6)17-5-10(12,13)14/h2-4H,5H2,1H3. The molecule has 0 atom stereocenters.